The predicted octanol–water partition coefficient (Wildman–Crippen LogP) is 4.73. The van der Waals surface area contributed by atoms with E-state index in [1.807, 2.05) is 55.5 Å². The number of aromatic nitrogens is 4. The molecule has 2 aromatic carbocycles. The Labute approximate surface area is 260 Å². The Morgan fingerprint density at radius 2 is 1.69 bits per heavy atom. The highest BCUT2D eigenvalue weighted by atomic mass is 16.9. The fourth-order valence-corrected chi connectivity index (χ4v) is 4.56. The Bertz CT molecular complexity index is 1430. The number of unbranched alkanes of at least 4 members (excludes halogenated alkanes) is 2. The SMILES string of the molecule is CCCCC(=O)N(Cc1ccc(-c2ccccc2-c2nnn(COC(=O)OCCCCO[N+](=O)[O-])n2)cc1)[C@@H](C(=O)O)C(C)C. The van der Waals surface area contributed by atoms with Gasteiger partial charge in [0.2, 0.25) is 18.5 Å². The van der Waals surface area contributed by atoms with E-state index in [0.717, 1.165) is 27.9 Å². The first kappa shape index (κ1) is 34.4. The van der Waals surface area contributed by atoms with Crippen molar-refractivity contribution in [1.82, 2.24) is 25.1 Å². The van der Waals surface area contributed by atoms with Crippen molar-refractivity contribution in [3.05, 3.63) is 64.2 Å². The molecule has 0 radical (unpaired) electrons. The first-order valence-electron chi connectivity index (χ1n) is 14.7. The van der Waals surface area contributed by atoms with Crippen LogP contribution in [0.15, 0.2) is 48.5 Å². The van der Waals surface area contributed by atoms with Crippen LogP contribution in [0.3, 0.4) is 0 Å². The number of carboxylic acid groups (broad SMARTS) is 1. The smallest absolute Gasteiger partial charge is 0.480 e. The summed E-state index contributed by atoms with van der Waals surface area (Å²) in [5.74, 6) is -1.17. The van der Waals surface area contributed by atoms with Crippen molar-refractivity contribution >= 4 is 18.0 Å². The minimum absolute atomic E-state index is 0.00711. The second-order valence-electron chi connectivity index (χ2n) is 10.5. The summed E-state index contributed by atoms with van der Waals surface area (Å²) in [6.07, 6.45) is 1.58. The van der Waals surface area contributed by atoms with E-state index < -0.39 is 23.3 Å². The summed E-state index contributed by atoms with van der Waals surface area (Å²) >= 11 is 0. The van der Waals surface area contributed by atoms with Gasteiger partial charge < -0.3 is 24.3 Å². The number of carbonyl (C=O) groups is 3. The molecule has 0 bridgehead atoms. The Morgan fingerprint density at radius 3 is 2.33 bits per heavy atom. The lowest BCUT2D eigenvalue weighted by Gasteiger charge is -2.32. The first-order chi connectivity index (χ1) is 21.6. The molecule has 1 aromatic heterocycles. The Kier molecular flexibility index (Phi) is 13.2. The van der Waals surface area contributed by atoms with Crippen molar-refractivity contribution in [2.24, 2.45) is 5.92 Å². The maximum atomic E-state index is 13.0. The zero-order valence-electron chi connectivity index (χ0n) is 25.5. The summed E-state index contributed by atoms with van der Waals surface area (Å²) in [6.45, 7) is 5.33. The van der Waals surface area contributed by atoms with E-state index in [9.17, 15) is 29.6 Å². The Hall–Kier alpha value is -5.08. The third-order valence-electron chi connectivity index (χ3n) is 6.78. The van der Waals surface area contributed by atoms with Gasteiger partial charge in [-0.2, -0.15) is 0 Å². The number of ether oxygens (including phenoxy) is 2. The second kappa shape index (κ2) is 17.3. The lowest BCUT2D eigenvalue weighted by Crippen LogP contribution is -2.47. The fourth-order valence-electron chi connectivity index (χ4n) is 4.56. The van der Waals surface area contributed by atoms with E-state index in [-0.39, 0.29) is 38.3 Å². The number of carboxylic acids is 1. The molecule has 3 rings (SSSR count). The molecule has 45 heavy (non-hydrogen) atoms. The van der Waals surface area contributed by atoms with E-state index in [4.69, 9.17) is 9.47 Å². The number of rotatable bonds is 18. The maximum Gasteiger partial charge on any atom is 0.510 e. The molecule has 0 spiro atoms. The highest BCUT2D eigenvalue weighted by Gasteiger charge is 2.32. The number of hydrogen-bond donors (Lipinski definition) is 1. The normalized spacial score (nSPS) is 11.6. The average Bonchev–Trinajstić information content (AvgIpc) is 3.49. The second-order valence-corrected chi connectivity index (χ2v) is 10.5. The maximum absolute atomic E-state index is 13.0. The molecule has 1 N–H and O–H groups in total. The van der Waals surface area contributed by atoms with Gasteiger partial charge in [-0.3, -0.25) is 4.79 Å². The molecule has 1 atom stereocenters. The summed E-state index contributed by atoms with van der Waals surface area (Å²) in [7, 11) is 0. The van der Waals surface area contributed by atoms with Crippen molar-refractivity contribution in [3.8, 4) is 22.5 Å². The molecule has 0 saturated heterocycles. The largest absolute Gasteiger partial charge is 0.510 e. The molecular formula is C30H38N6O9. The zero-order valence-corrected chi connectivity index (χ0v) is 25.5. The van der Waals surface area contributed by atoms with Gasteiger partial charge in [0, 0.05) is 18.5 Å². The van der Waals surface area contributed by atoms with Gasteiger partial charge in [-0.05, 0) is 47.1 Å². The quantitative estimate of drug-likeness (QED) is 0.0885. The van der Waals surface area contributed by atoms with E-state index in [0.29, 0.717) is 37.1 Å². The number of amides is 1. The Balaban J connectivity index is 1.66. The van der Waals surface area contributed by atoms with Crippen molar-refractivity contribution in [3.63, 3.8) is 0 Å². The molecule has 15 heteroatoms. The molecule has 0 unspecified atom stereocenters. The lowest BCUT2D eigenvalue weighted by atomic mass is 9.97. The standard InChI is InChI=1S/C30H38N6O9/c1-4-5-12-26(37)34(27(21(2)3)29(38)39)19-22-13-15-23(16-14-22)24-10-6-7-11-25(24)28-31-33-35(32-28)20-44-30(40)43-17-8-9-18-45-36(41)42/h6-7,10-11,13-16,21,27H,4-5,8-9,12,17-20H2,1-3H3,(H,38,39)/t27-/m1/s1. The molecule has 0 aliphatic rings. The molecular weight excluding hydrogens is 588 g/mol. The first-order valence-corrected chi connectivity index (χ1v) is 14.7. The summed E-state index contributed by atoms with van der Waals surface area (Å²) in [4.78, 5) is 53.8. The average molecular weight is 627 g/mol. The van der Waals surface area contributed by atoms with Gasteiger partial charge >= 0.3 is 12.1 Å². The molecule has 1 amide bonds. The molecule has 15 nitrogen and oxygen atoms in total. The van der Waals surface area contributed by atoms with E-state index >= 15 is 0 Å². The number of nitrogens with zero attached hydrogens (tertiary/aromatic N) is 6. The number of tetrazole rings is 1. The number of aliphatic carboxylic acids is 1. The van der Waals surface area contributed by atoms with E-state index in [1.54, 1.807) is 13.8 Å². The van der Waals surface area contributed by atoms with Crippen molar-refractivity contribution in [2.45, 2.75) is 72.2 Å². The van der Waals surface area contributed by atoms with Gasteiger partial charge in [0.05, 0.1) is 13.2 Å². The highest BCUT2D eigenvalue weighted by molar-refractivity contribution is 5.84. The van der Waals surface area contributed by atoms with Gasteiger partial charge in [-0.25, -0.2) is 9.59 Å². The summed E-state index contributed by atoms with van der Waals surface area (Å²) < 4.78 is 9.91. The van der Waals surface area contributed by atoms with Crippen LogP contribution in [0.4, 0.5) is 4.79 Å². The molecule has 242 valence electrons. The van der Waals surface area contributed by atoms with Gasteiger partial charge in [0.25, 0.3) is 5.09 Å². The van der Waals surface area contributed by atoms with Crippen molar-refractivity contribution in [1.29, 1.82) is 0 Å². The van der Waals surface area contributed by atoms with Crippen molar-refractivity contribution < 1.29 is 38.9 Å². The molecule has 1 heterocycles. The van der Waals surface area contributed by atoms with Gasteiger partial charge in [-0.1, -0.05) is 75.7 Å². The number of benzene rings is 2. The molecule has 0 saturated carbocycles. The monoisotopic (exact) mass is 626 g/mol. The van der Waals surface area contributed by atoms with E-state index in [1.165, 1.54) is 4.90 Å². The van der Waals surface area contributed by atoms with Crippen LogP contribution >= 0.6 is 0 Å². The third kappa shape index (κ3) is 10.5. The Morgan fingerprint density at radius 1 is 1.00 bits per heavy atom. The lowest BCUT2D eigenvalue weighted by molar-refractivity contribution is -0.757. The van der Waals surface area contributed by atoms with E-state index in [2.05, 4.69) is 20.2 Å². The van der Waals surface area contributed by atoms with Crippen LogP contribution in [0.25, 0.3) is 22.5 Å². The molecule has 0 aliphatic carbocycles. The number of carbonyl (C=O) groups excluding carboxylic acids is 2. The van der Waals surface area contributed by atoms with Crippen LogP contribution in [-0.4, -0.2) is 72.6 Å². The summed E-state index contributed by atoms with van der Waals surface area (Å²) in [6, 6.07) is 14.0. The summed E-state index contributed by atoms with van der Waals surface area (Å²) in [5.41, 5.74) is 3.13. The highest BCUT2D eigenvalue weighted by Crippen LogP contribution is 2.30. The summed E-state index contributed by atoms with van der Waals surface area (Å²) in [5, 5.41) is 31.5. The van der Waals surface area contributed by atoms with Crippen LogP contribution in [-0.2, 0) is 37.2 Å². The fraction of sp³-hybridized carbons (Fsp3) is 0.467. The van der Waals surface area contributed by atoms with Crippen LogP contribution in [0.2, 0.25) is 0 Å². The minimum Gasteiger partial charge on any atom is -0.480 e. The topological polar surface area (TPSA) is 189 Å². The van der Waals surface area contributed by atoms with Crippen LogP contribution in [0, 0.1) is 16.0 Å². The number of hydrogen-bond acceptors (Lipinski definition) is 11. The van der Waals surface area contributed by atoms with Crippen LogP contribution < -0.4 is 0 Å². The molecule has 0 fully saturated rings. The van der Waals surface area contributed by atoms with Crippen molar-refractivity contribution in [2.75, 3.05) is 13.2 Å². The minimum atomic E-state index is -1.03. The zero-order chi connectivity index (χ0) is 32.8. The molecule has 3 aromatic rings. The van der Waals surface area contributed by atoms with Crippen LogP contribution in [0.5, 0.6) is 0 Å². The third-order valence-corrected chi connectivity index (χ3v) is 6.78. The van der Waals surface area contributed by atoms with Gasteiger partial charge in [0.1, 0.15) is 6.04 Å². The van der Waals surface area contributed by atoms with Gasteiger partial charge in [0.15, 0.2) is 0 Å². The molecule has 0 aliphatic heterocycles. The van der Waals surface area contributed by atoms with Gasteiger partial charge in [-0.15, -0.1) is 25.1 Å². The predicted molar refractivity (Wildman–Crippen MR) is 160 cm³/mol. The van der Waals surface area contributed by atoms with Crippen LogP contribution in [0.1, 0.15) is 58.4 Å².